The van der Waals surface area contributed by atoms with E-state index in [9.17, 15) is 4.79 Å². The van der Waals surface area contributed by atoms with Crippen molar-refractivity contribution < 1.29 is 9.90 Å². The van der Waals surface area contributed by atoms with Crippen LogP contribution in [-0.4, -0.2) is 29.4 Å². The van der Waals surface area contributed by atoms with Crippen LogP contribution in [0.5, 0.6) is 0 Å². The number of carboxylic acid groups (broad SMARTS) is 1. The first-order valence-electron chi connectivity index (χ1n) is 3.79. The maximum absolute atomic E-state index is 10.5. The molecule has 3 nitrogen and oxygen atoms in total. The second-order valence-electron chi connectivity index (χ2n) is 2.36. The normalized spacial score (nSPS) is 12.9. The molecule has 0 heterocycles. The molecular formula is C7H15NO2S. The van der Waals surface area contributed by atoms with Gasteiger partial charge in [-0.05, 0) is 25.1 Å². The molecule has 1 unspecified atom stereocenters. The zero-order chi connectivity index (χ0) is 8.69. The number of rotatable bonds is 6. The second kappa shape index (κ2) is 6.49. The first kappa shape index (κ1) is 10.8. The SMILES string of the molecule is CCCNC(CCS)C(=O)O. The largest absolute Gasteiger partial charge is 0.480 e. The van der Waals surface area contributed by atoms with Gasteiger partial charge in [0.25, 0.3) is 0 Å². The van der Waals surface area contributed by atoms with E-state index in [1.54, 1.807) is 0 Å². The van der Waals surface area contributed by atoms with Gasteiger partial charge in [0.2, 0.25) is 0 Å². The Labute approximate surface area is 72.6 Å². The number of carbonyl (C=O) groups is 1. The Hall–Kier alpha value is -0.220. The van der Waals surface area contributed by atoms with E-state index in [-0.39, 0.29) is 0 Å². The van der Waals surface area contributed by atoms with Crippen LogP contribution in [0.25, 0.3) is 0 Å². The van der Waals surface area contributed by atoms with Crippen molar-refractivity contribution in [2.24, 2.45) is 0 Å². The Balaban J connectivity index is 3.60. The van der Waals surface area contributed by atoms with Crippen LogP contribution in [0.15, 0.2) is 0 Å². The van der Waals surface area contributed by atoms with Gasteiger partial charge < -0.3 is 10.4 Å². The fourth-order valence-corrected chi connectivity index (χ4v) is 1.02. The number of thiol groups is 1. The lowest BCUT2D eigenvalue weighted by atomic mass is 10.2. The second-order valence-corrected chi connectivity index (χ2v) is 2.80. The summed E-state index contributed by atoms with van der Waals surface area (Å²) in [7, 11) is 0. The van der Waals surface area contributed by atoms with Gasteiger partial charge in [0.1, 0.15) is 6.04 Å². The van der Waals surface area contributed by atoms with Gasteiger partial charge in [-0.2, -0.15) is 12.6 Å². The summed E-state index contributed by atoms with van der Waals surface area (Å²) in [6.07, 6.45) is 1.54. The Morgan fingerprint density at radius 3 is 2.73 bits per heavy atom. The van der Waals surface area contributed by atoms with Crippen molar-refractivity contribution in [1.82, 2.24) is 5.32 Å². The zero-order valence-electron chi connectivity index (χ0n) is 6.71. The van der Waals surface area contributed by atoms with Crippen LogP contribution in [0.4, 0.5) is 0 Å². The van der Waals surface area contributed by atoms with Crippen LogP contribution in [0.1, 0.15) is 19.8 Å². The van der Waals surface area contributed by atoms with E-state index in [1.165, 1.54) is 0 Å². The Morgan fingerprint density at radius 2 is 2.36 bits per heavy atom. The van der Waals surface area contributed by atoms with Crippen LogP contribution >= 0.6 is 12.6 Å². The van der Waals surface area contributed by atoms with Crippen molar-refractivity contribution in [1.29, 1.82) is 0 Å². The number of hydrogen-bond donors (Lipinski definition) is 3. The summed E-state index contributed by atoms with van der Waals surface area (Å²) in [6, 6.07) is -0.424. The first-order valence-corrected chi connectivity index (χ1v) is 4.42. The van der Waals surface area contributed by atoms with Crippen molar-refractivity contribution in [3.8, 4) is 0 Å². The number of hydrogen-bond acceptors (Lipinski definition) is 3. The van der Waals surface area contributed by atoms with Crippen LogP contribution in [0.3, 0.4) is 0 Å². The van der Waals surface area contributed by atoms with Gasteiger partial charge >= 0.3 is 5.97 Å². The molecule has 0 aliphatic carbocycles. The molecular weight excluding hydrogens is 162 g/mol. The Kier molecular flexibility index (Phi) is 6.36. The summed E-state index contributed by atoms with van der Waals surface area (Å²) in [6.45, 7) is 2.76. The van der Waals surface area contributed by atoms with E-state index in [1.807, 2.05) is 6.92 Å². The van der Waals surface area contributed by atoms with E-state index < -0.39 is 12.0 Å². The average molecular weight is 177 g/mol. The Morgan fingerprint density at radius 1 is 1.73 bits per heavy atom. The molecule has 0 saturated carbocycles. The van der Waals surface area contributed by atoms with E-state index in [0.29, 0.717) is 12.2 Å². The molecule has 4 heteroatoms. The number of carboxylic acids is 1. The molecule has 66 valence electrons. The molecule has 0 saturated heterocycles. The molecule has 0 aliphatic rings. The van der Waals surface area contributed by atoms with E-state index in [0.717, 1.165) is 13.0 Å². The van der Waals surface area contributed by atoms with Gasteiger partial charge in [-0.25, -0.2) is 0 Å². The third-order valence-corrected chi connectivity index (χ3v) is 1.61. The van der Waals surface area contributed by atoms with Crippen LogP contribution in [0.2, 0.25) is 0 Å². The maximum Gasteiger partial charge on any atom is 0.320 e. The molecule has 0 amide bonds. The molecule has 0 radical (unpaired) electrons. The lowest BCUT2D eigenvalue weighted by Gasteiger charge is -2.11. The van der Waals surface area contributed by atoms with E-state index in [2.05, 4.69) is 17.9 Å². The topological polar surface area (TPSA) is 49.3 Å². The highest BCUT2D eigenvalue weighted by atomic mass is 32.1. The minimum absolute atomic E-state index is 0.424. The van der Waals surface area contributed by atoms with Crippen LogP contribution < -0.4 is 5.32 Å². The molecule has 0 aromatic carbocycles. The fraction of sp³-hybridized carbons (Fsp3) is 0.857. The van der Waals surface area contributed by atoms with Gasteiger partial charge in [-0.1, -0.05) is 6.92 Å². The third kappa shape index (κ3) is 5.09. The van der Waals surface area contributed by atoms with Gasteiger partial charge in [-0.15, -0.1) is 0 Å². The van der Waals surface area contributed by atoms with Gasteiger partial charge in [0, 0.05) is 0 Å². The molecule has 0 spiro atoms. The molecule has 0 aromatic heterocycles. The highest BCUT2D eigenvalue weighted by molar-refractivity contribution is 7.80. The predicted molar refractivity (Wildman–Crippen MR) is 48.2 cm³/mol. The van der Waals surface area contributed by atoms with E-state index in [4.69, 9.17) is 5.11 Å². The molecule has 11 heavy (non-hydrogen) atoms. The van der Waals surface area contributed by atoms with Crippen molar-refractivity contribution >= 4 is 18.6 Å². The minimum atomic E-state index is -0.785. The predicted octanol–water partition coefficient (Wildman–Crippen LogP) is 0.759. The average Bonchev–Trinajstić information content (AvgIpc) is 1.97. The molecule has 0 aromatic rings. The monoisotopic (exact) mass is 177 g/mol. The molecule has 1 atom stereocenters. The summed E-state index contributed by atoms with van der Waals surface area (Å²) >= 11 is 3.97. The smallest absolute Gasteiger partial charge is 0.320 e. The van der Waals surface area contributed by atoms with Crippen molar-refractivity contribution in [3.05, 3.63) is 0 Å². The highest BCUT2D eigenvalue weighted by Crippen LogP contribution is 1.94. The molecule has 0 fully saturated rings. The van der Waals surface area contributed by atoms with Gasteiger partial charge in [0.05, 0.1) is 0 Å². The lowest BCUT2D eigenvalue weighted by molar-refractivity contribution is -0.139. The van der Waals surface area contributed by atoms with Gasteiger partial charge in [0.15, 0.2) is 0 Å². The fourth-order valence-electron chi connectivity index (χ4n) is 0.761. The molecule has 2 N–H and O–H groups in total. The van der Waals surface area contributed by atoms with Gasteiger partial charge in [-0.3, -0.25) is 4.79 Å². The molecule has 0 aliphatic heterocycles. The van der Waals surface area contributed by atoms with Crippen molar-refractivity contribution in [3.63, 3.8) is 0 Å². The molecule has 0 bridgehead atoms. The number of aliphatic carboxylic acids is 1. The maximum atomic E-state index is 10.5. The lowest BCUT2D eigenvalue weighted by Crippen LogP contribution is -2.37. The summed E-state index contributed by atoms with van der Waals surface area (Å²) in [5.41, 5.74) is 0. The standard InChI is InChI=1S/C7H15NO2S/c1-2-4-8-6(3-5-11)7(9)10/h6,8,11H,2-5H2,1H3,(H,9,10). The first-order chi connectivity index (χ1) is 5.22. The highest BCUT2D eigenvalue weighted by Gasteiger charge is 2.13. The van der Waals surface area contributed by atoms with E-state index >= 15 is 0 Å². The van der Waals surface area contributed by atoms with Crippen molar-refractivity contribution in [2.75, 3.05) is 12.3 Å². The summed E-state index contributed by atoms with van der Waals surface area (Å²) in [4.78, 5) is 10.5. The summed E-state index contributed by atoms with van der Waals surface area (Å²) in [5, 5.41) is 11.6. The summed E-state index contributed by atoms with van der Waals surface area (Å²) in [5.74, 6) is -0.180. The zero-order valence-corrected chi connectivity index (χ0v) is 7.60. The number of nitrogens with one attached hydrogen (secondary N) is 1. The third-order valence-electron chi connectivity index (χ3n) is 1.36. The van der Waals surface area contributed by atoms with Crippen LogP contribution in [0, 0.1) is 0 Å². The minimum Gasteiger partial charge on any atom is -0.480 e. The molecule has 0 rings (SSSR count). The van der Waals surface area contributed by atoms with Crippen LogP contribution in [-0.2, 0) is 4.79 Å². The van der Waals surface area contributed by atoms with Crippen molar-refractivity contribution in [2.45, 2.75) is 25.8 Å². The quantitative estimate of drug-likeness (QED) is 0.525. The Bertz CT molecular complexity index is 119. The summed E-state index contributed by atoms with van der Waals surface area (Å²) < 4.78 is 0.